The topological polar surface area (TPSA) is 20.3 Å². The highest BCUT2D eigenvalue weighted by molar-refractivity contribution is 6.17. The van der Waals surface area contributed by atoms with E-state index in [0.29, 0.717) is 23.7 Å². The van der Waals surface area contributed by atoms with Crippen molar-refractivity contribution in [3.05, 3.63) is 0 Å². The van der Waals surface area contributed by atoms with Gasteiger partial charge in [0, 0.05) is 24.4 Å². The molecule has 2 nitrogen and oxygen atoms in total. The number of rotatable bonds is 5. The zero-order chi connectivity index (χ0) is 11.8. The Bertz CT molecular complexity index is 293. The van der Waals surface area contributed by atoms with Gasteiger partial charge in [0.25, 0.3) is 0 Å². The maximum atomic E-state index is 12.5. The van der Waals surface area contributed by atoms with Crippen LogP contribution in [0.1, 0.15) is 44.9 Å². The first-order valence-corrected chi connectivity index (χ1v) is 7.69. The molecule has 0 N–H and O–H groups in total. The summed E-state index contributed by atoms with van der Waals surface area (Å²) in [7, 11) is 0. The summed E-state index contributed by atoms with van der Waals surface area (Å²) in [5, 5.41) is 0. The van der Waals surface area contributed by atoms with E-state index in [1.165, 1.54) is 38.5 Å². The van der Waals surface area contributed by atoms with Gasteiger partial charge in [0.1, 0.15) is 0 Å². The van der Waals surface area contributed by atoms with Gasteiger partial charge in [-0.1, -0.05) is 0 Å². The van der Waals surface area contributed by atoms with Gasteiger partial charge in [0.2, 0.25) is 5.91 Å². The fourth-order valence-corrected chi connectivity index (χ4v) is 3.67. The highest BCUT2D eigenvalue weighted by Gasteiger charge is 2.49. The lowest BCUT2D eigenvalue weighted by Crippen LogP contribution is -2.47. The van der Waals surface area contributed by atoms with Crippen LogP contribution in [-0.2, 0) is 4.79 Å². The first-order valence-electron chi connectivity index (χ1n) is 7.16. The maximum absolute atomic E-state index is 12.5. The first kappa shape index (κ1) is 11.8. The molecule has 0 bridgehead atoms. The number of carbonyl (C=O) groups is 1. The lowest BCUT2D eigenvalue weighted by Gasteiger charge is -2.39. The lowest BCUT2D eigenvalue weighted by molar-refractivity contribution is -0.139. The van der Waals surface area contributed by atoms with Gasteiger partial charge in [-0.05, 0) is 56.8 Å². The van der Waals surface area contributed by atoms with E-state index in [0.717, 1.165) is 24.8 Å². The number of fused-ring (bicyclic) bond motifs is 1. The minimum atomic E-state index is 0.356. The van der Waals surface area contributed by atoms with Crippen LogP contribution in [0.4, 0.5) is 0 Å². The van der Waals surface area contributed by atoms with E-state index in [4.69, 9.17) is 11.6 Å². The van der Waals surface area contributed by atoms with Crippen LogP contribution in [0.25, 0.3) is 0 Å². The van der Waals surface area contributed by atoms with E-state index >= 15 is 0 Å². The molecule has 3 aliphatic rings. The molecule has 3 aliphatic carbocycles. The summed E-state index contributed by atoms with van der Waals surface area (Å²) in [5.41, 5.74) is 0. The van der Waals surface area contributed by atoms with E-state index in [1.807, 2.05) is 0 Å². The Balaban J connectivity index is 1.58. The molecule has 0 radical (unpaired) electrons. The van der Waals surface area contributed by atoms with Gasteiger partial charge in [0.15, 0.2) is 0 Å². The second-order valence-corrected chi connectivity index (χ2v) is 6.46. The van der Waals surface area contributed by atoms with Gasteiger partial charge < -0.3 is 4.90 Å². The van der Waals surface area contributed by atoms with Crippen LogP contribution in [0, 0.1) is 17.8 Å². The second-order valence-electron chi connectivity index (χ2n) is 6.08. The second kappa shape index (κ2) is 4.79. The molecule has 3 rings (SSSR count). The highest BCUT2D eigenvalue weighted by atomic mass is 35.5. The zero-order valence-corrected chi connectivity index (χ0v) is 11.2. The number of nitrogens with zero attached hydrogens (tertiary/aromatic N) is 1. The normalized spacial score (nSPS) is 35.2. The number of carbonyl (C=O) groups excluding carboxylic acids is 1. The number of alkyl halides is 1. The molecule has 3 saturated carbocycles. The largest absolute Gasteiger partial charge is 0.339 e. The fourth-order valence-electron chi connectivity index (χ4n) is 3.55. The van der Waals surface area contributed by atoms with Crippen molar-refractivity contribution in [2.24, 2.45) is 17.8 Å². The molecule has 0 aliphatic heterocycles. The van der Waals surface area contributed by atoms with Crippen LogP contribution in [-0.4, -0.2) is 29.3 Å². The van der Waals surface area contributed by atoms with Crippen LogP contribution in [0.15, 0.2) is 0 Å². The Labute approximate surface area is 109 Å². The standard InChI is InChI=1S/C14H22ClNO/c15-5-2-6-16(13-3-1-4-13)14(17)12-8-10-7-11(10)9-12/h10-13H,1-9H2. The smallest absolute Gasteiger partial charge is 0.225 e. The van der Waals surface area contributed by atoms with Crippen molar-refractivity contribution in [2.45, 2.75) is 51.0 Å². The Morgan fingerprint density at radius 2 is 1.88 bits per heavy atom. The molecule has 0 spiro atoms. The van der Waals surface area contributed by atoms with Crippen molar-refractivity contribution >= 4 is 17.5 Å². The molecule has 96 valence electrons. The SMILES string of the molecule is O=C(C1CC2CC2C1)N(CCCCl)C1CCC1. The fraction of sp³-hybridized carbons (Fsp3) is 0.929. The molecule has 0 aromatic carbocycles. The summed E-state index contributed by atoms with van der Waals surface area (Å²) < 4.78 is 0. The van der Waals surface area contributed by atoms with E-state index in [-0.39, 0.29) is 0 Å². The number of hydrogen-bond acceptors (Lipinski definition) is 1. The molecular weight excluding hydrogens is 234 g/mol. The zero-order valence-electron chi connectivity index (χ0n) is 10.4. The average Bonchev–Trinajstić information content (AvgIpc) is 2.88. The minimum absolute atomic E-state index is 0.356. The molecule has 0 heterocycles. The van der Waals surface area contributed by atoms with Crippen LogP contribution in [0.3, 0.4) is 0 Å². The third kappa shape index (κ3) is 2.33. The molecule has 3 heteroatoms. The van der Waals surface area contributed by atoms with E-state index in [9.17, 15) is 4.79 Å². The minimum Gasteiger partial charge on any atom is -0.339 e. The van der Waals surface area contributed by atoms with Gasteiger partial charge in [0.05, 0.1) is 0 Å². The van der Waals surface area contributed by atoms with Crippen molar-refractivity contribution in [2.75, 3.05) is 12.4 Å². The Hall–Kier alpha value is -0.240. The Morgan fingerprint density at radius 3 is 2.41 bits per heavy atom. The number of halogens is 1. The van der Waals surface area contributed by atoms with Crippen LogP contribution >= 0.6 is 11.6 Å². The summed E-state index contributed by atoms with van der Waals surface area (Å²) in [6.45, 7) is 0.888. The molecule has 0 saturated heterocycles. The third-order valence-electron chi connectivity index (χ3n) is 4.92. The van der Waals surface area contributed by atoms with Crippen LogP contribution in [0.2, 0.25) is 0 Å². The van der Waals surface area contributed by atoms with Crippen molar-refractivity contribution in [3.63, 3.8) is 0 Å². The molecule has 1 amide bonds. The van der Waals surface area contributed by atoms with Crippen molar-refractivity contribution in [1.82, 2.24) is 4.90 Å². The summed E-state index contributed by atoms with van der Waals surface area (Å²) >= 11 is 5.77. The van der Waals surface area contributed by atoms with E-state index in [2.05, 4.69) is 4.90 Å². The third-order valence-corrected chi connectivity index (χ3v) is 5.19. The van der Waals surface area contributed by atoms with Gasteiger partial charge in [-0.25, -0.2) is 0 Å². The number of amides is 1. The molecule has 2 atom stereocenters. The monoisotopic (exact) mass is 255 g/mol. The number of hydrogen-bond donors (Lipinski definition) is 0. The van der Waals surface area contributed by atoms with Gasteiger partial charge in [-0.15, -0.1) is 11.6 Å². The Kier molecular flexibility index (Phi) is 3.34. The van der Waals surface area contributed by atoms with E-state index < -0.39 is 0 Å². The molecule has 2 unspecified atom stereocenters. The molecule has 0 aromatic heterocycles. The molecule has 17 heavy (non-hydrogen) atoms. The quantitative estimate of drug-likeness (QED) is 0.692. The Morgan fingerprint density at radius 1 is 1.18 bits per heavy atom. The highest BCUT2D eigenvalue weighted by Crippen LogP contribution is 2.54. The summed E-state index contributed by atoms with van der Waals surface area (Å²) in [4.78, 5) is 14.7. The first-order chi connectivity index (χ1) is 8.29. The van der Waals surface area contributed by atoms with Crippen LogP contribution < -0.4 is 0 Å². The molecule has 0 aromatic rings. The maximum Gasteiger partial charge on any atom is 0.225 e. The summed E-state index contributed by atoms with van der Waals surface area (Å²) in [5.74, 6) is 3.29. The van der Waals surface area contributed by atoms with Crippen molar-refractivity contribution in [1.29, 1.82) is 0 Å². The summed E-state index contributed by atoms with van der Waals surface area (Å²) in [6.07, 6.45) is 8.42. The summed E-state index contributed by atoms with van der Waals surface area (Å²) in [6, 6.07) is 0.544. The lowest BCUT2D eigenvalue weighted by atomic mass is 9.89. The van der Waals surface area contributed by atoms with Crippen molar-refractivity contribution in [3.8, 4) is 0 Å². The molecular formula is C14H22ClNO. The average molecular weight is 256 g/mol. The van der Waals surface area contributed by atoms with Gasteiger partial charge in [-0.3, -0.25) is 4.79 Å². The van der Waals surface area contributed by atoms with Gasteiger partial charge >= 0.3 is 0 Å². The predicted octanol–water partition coefficient (Wildman–Crippen LogP) is 3.04. The van der Waals surface area contributed by atoms with Gasteiger partial charge in [-0.2, -0.15) is 0 Å². The van der Waals surface area contributed by atoms with E-state index in [1.54, 1.807) is 0 Å². The van der Waals surface area contributed by atoms with Crippen LogP contribution in [0.5, 0.6) is 0 Å². The predicted molar refractivity (Wildman–Crippen MR) is 69.0 cm³/mol. The molecule has 3 fully saturated rings. The van der Waals surface area contributed by atoms with Crippen molar-refractivity contribution < 1.29 is 4.79 Å².